The zero-order valence-corrected chi connectivity index (χ0v) is 20.4. The minimum absolute atomic E-state index is 0.0323. The Bertz CT molecular complexity index is 749. The third-order valence-electron chi connectivity index (χ3n) is 5.09. The maximum absolute atomic E-state index is 12.7. The molecule has 0 aliphatic rings. The molecule has 176 valence electrons. The molecule has 0 fully saturated rings. The molecule has 2 amide bonds. The molecule has 0 saturated heterocycles. The number of hydrogen-bond acceptors (Lipinski definition) is 4. The Morgan fingerprint density at radius 1 is 1.10 bits per heavy atom. The lowest BCUT2D eigenvalue weighted by atomic mass is 9.82. The quantitative estimate of drug-likeness (QED) is 0.377. The second kappa shape index (κ2) is 12.2. The van der Waals surface area contributed by atoms with Gasteiger partial charge in [0.05, 0.1) is 6.04 Å². The predicted molar refractivity (Wildman–Crippen MR) is 122 cm³/mol. The van der Waals surface area contributed by atoms with Gasteiger partial charge < -0.3 is 20.3 Å². The molecule has 1 rings (SSSR count). The summed E-state index contributed by atoms with van der Waals surface area (Å²) in [7, 11) is -4.01. The van der Waals surface area contributed by atoms with E-state index in [0.717, 1.165) is 5.56 Å². The number of carbonyl (C=O) groups is 2. The van der Waals surface area contributed by atoms with Crippen LogP contribution in [0.5, 0.6) is 0 Å². The molecule has 4 N–H and O–H groups in total. The summed E-state index contributed by atoms with van der Waals surface area (Å²) in [5, 5.41) is 7.71. The van der Waals surface area contributed by atoms with Crippen molar-refractivity contribution >= 4 is 19.5 Å². The summed E-state index contributed by atoms with van der Waals surface area (Å²) in [5.74, 6) is 0.0379. The summed E-state index contributed by atoms with van der Waals surface area (Å²) in [6, 6.07) is 8.27. The lowest BCUT2D eigenvalue weighted by Gasteiger charge is -2.29. The van der Waals surface area contributed by atoms with Crippen LogP contribution in [0.25, 0.3) is 0 Å². The van der Waals surface area contributed by atoms with Crippen LogP contribution in [0.4, 0.5) is 4.79 Å². The highest BCUT2D eigenvalue weighted by molar-refractivity contribution is 7.55. The Balaban J connectivity index is 2.59. The van der Waals surface area contributed by atoms with Gasteiger partial charge in [0.15, 0.2) is 0 Å². The van der Waals surface area contributed by atoms with Gasteiger partial charge in [-0.1, -0.05) is 71.9 Å². The zero-order valence-electron chi connectivity index (χ0n) is 19.5. The molecule has 0 saturated carbocycles. The molecule has 1 aromatic carbocycles. The van der Waals surface area contributed by atoms with E-state index in [-0.39, 0.29) is 29.8 Å². The van der Waals surface area contributed by atoms with Crippen LogP contribution >= 0.6 is 7.52 Å². The Hall–Kier alpha value is -1.89. The number of carbonyl (C=O) groups excluding carboxylic acids is 2. The SMILES string of the molecule is CC(C)C[C@H](NP(=O)(O)CNC(=O)OCc1ccccc1)C(=O)NC[C@@H](C)C(C)(C)C. The van der Waals surface area contributed by atoms with E-state index < -0.39 is 25.9 Å². The number of benzene rings is 1. The molecule has 8 nitrogen and oxygen atoms in total. The highest BCUT2D eigenvalue weighted by Gasteiger charge is 2.30. The van der Waals surface area contributed by atoms with Crippen molar-refractivity contribution in [2.75, 3.05) is 12.8 Å². The first-order valence-corrected chi connectivity index (χ1v) is 12.5. The van der Waals surface area contributed by atoms with Crippen molar-refractivity contribution in [2.24, 2.45) is 17.3 Å². The summed E-state index contributed by atoms with van der Waals surface area (Å²) in [5.41, 5.74) is 0.839. The standard InChI is InChI=1S/C22H38N3O5P/c1-16(2)12-19(20(26)23-13-17(3)22(4,5)6)25-31(28,29)15-24-21(27)30-14-18-10-8-7-9-11-18/h7-11,16-17,19H,12-15H2,1-6H3,(H,23,26)(H,24,27)(H2,25,28,29)/t17-,19+/m1/s1. The molecule has 9 heteroatoms. The topological polar surface area (TPSA) is 117 Å². The van der Waals surface area contributed by atoms with E-state index in [4.69, 9.17) is 4.74 Å². The van der Waals surface area contributed by atoms with Crippen molar-refractivity contribution in [3.05, 3.63) is 35.9 Å². The number of rotatable bonds is 11. The van der Waals surface area contributed by atoms with Gasteiger partial charge in [-0.2, -0.15) is 0 Å². The minimum atomic E-state index is -4.01. The molecule has 0 aliphatic heterocycles. The highest BCUT2D eigenvalue weighted by Crippen LogP contribution is 2.35. The van der Waals surface area contributed by atoms with Gasteiger partial charge in [-0.05, 0) is 29.2 Å². The van der Waals surface area contributed by atoms with Crippen molar-refractivity contribution in [3.63, 3.8) is 0 Å². The third kappa shape index (κ3) is 11.3. The Morgan fingerprint density at radius 2 is 1.71 bits per heavy atom. The molecule has 0 spiro atoms. The van der Waals surface area contributed by atoms with Gasteiger partial charge in [-0.15, -0.1) is 0 Å². The molecule has 1 unspecified atom stereocenters. The molecule has 0 heterocycles. The van der Waals surface area contributed by atoms with Gasteiger partial charge in [-0.25, -0.2) is 9.88 Å². The Morgan fingerprint density at radius 3 is 2.26 bits per heavy atom. The molecular formula is C22H38N3O5P. The maximum atomic E-state index is 12.7. The minimum Gasteiger partial charge on any atom is -0.445 e. The maximum Gasteiger partial charge on any atom is 0.407 e. The van der Waals surface area contributed by atoms with Gasteiger partial charge in [0.2, 0.25) is 5.91 Å². The van der Waals surface area contributed by atoms with E-state index in [1.165, 1.54) is 0 Å². The fourth-order valence-corrected chi connectivity index (χ4v) is 3.75. The number of nitrogens with one attached hydrogen (secondary N) is 3. The lowest BCUT2D eigenvalue weighted by molar-refractivity contribution is -0.123. The molecule has 0 radical (unpaired) electrons. The third-order valence-corrected chi connectivity index (χ3v) is 6.39. The van der Waals surface area contributed by atoms with Crippen molar-refractivity contribution in [3.8, 4) is 0 Å². The van der Waals surface area contributed by atoms with E-state index in [1.807, 2.05) is 39.0 Å². The second-order valence-corrected chi connectivity index (χ2v) is 11.4. The van der Waals surface area contributed by atoms with Crippen LogP contribution in [-0.2, 0) is 20.7 Å². The summed E-state index contributed by atoms with van der Waals surface area (Å²) in [4.78, 5) is 34.8. The molecule has 0 aliphatic carbocycles. The number of ether oxygens (including phenoxy) is 1. The van der Waals surface area contributed by atoms with E-state index in [0.29, 0.717) is 13.0 Å². The largest absolute Gasteiger partial charge is 0.445 e. The monoisotopic (exact) mass is 455 g/mol. The number of hydrogen-bond donors (Lipinski definition) is 4. The van der Waals surface area contributed by atoms with Gasteiger partial charge >= 0.3 is 6.09 Å². The number of amides is 2. The van der Waals surface area contributed by atoms with Gasteiger partial charge in [0.1, 0.15) is 12.9 Å². The number of alkyl carbamates (subject to hydrolysis) is 1. The van der Waals surface area contributed by atoms with E-state index in [2.05, 4.69) is 36.5 Å². The van der Waals surface area contributed by atoms with Crippen molar-refractivity contribution in [2.45, 2.75) is 60.6 Å². The van der Waals surface area contributed by atoms with E-state index in [9.17, 15) is 19.0 Å². The van der Waals surface area contributed by atoms with E-state index in [1.54, 1.807) is 12.1 Å². The zero-order chi connectivity index (χ0) is 23.7. The summed E-state index contributed by atoms with van der Waals surface area (Å²) < 4.78 is 17.6. The molecule has 1 aromatic rings. The van der Waals surface area contributed by atoms with Gasteiger partial charge in [-0.3, -0.25) is 9.36 Å². The summed E-state index contributed by atoms with van der Waals surface area (Å²) in [6.07, 6.45) is -0.955. The first-order valence-electron chi connectivity index (χ1n) is 10.6. The highest BCUT2D eigenvalue weighted by atomic mass is 31.2. The molecule has 0 bridgehead atoms. The normalized spacial score (nSPS) is 15.6. The van der Waals surface area contributed by atoms with Gasteiger partial charge in [0, 0.05) is 6.54 Å². The van der Waals surface area contributed by atoms with Crippen LogP contribution in [0.1, 0.15) is 53.5 Å². The van der Waals surface area contributed by atoms with Crippen LogP contribution in [0.3, 0.4) is 0 Å². The fourth-order valence-electron chi connectivity index (χ4n) is 2.61. The Labute approximate surface area is 186 Å². The van der Waals surface area contributed by atoms with Gasteiger partial charge in [0.25, 0.3) is 7.52 Å². The van der Waals surface area contributed by atoms with Crippen LogP contribution in [0, 0.1) is 17.3 Å². The van der Waals surface area contributed by atoms with E-state index >= 15 is 0 Å². The summed E-state index contributed by atoms with van der Waals surface area (Å²) in [6.45, 7) is 12.7. The smallest absolute Gasteiger partial charge is 0.407 e. The van der Waals surface area contributed by atoms with Crippen molar-refractivity contribution in [1.82, 2.24) is 15.7 Å². The average molecular weight is 456 g/mol. The molecule has 31 heavy (non-hydrogen) atoms. The van der Waals surface area contributed by atoms with Crippen LogP contribution in [0.15, 0.2) is 30.3 Å². The van der Waals surface area contributed by atoms with Crippen LogP contribution < -0.4 is 15.7 Å². The molecule has 3 atom stereocenters. The second-order valence-electron chi connectivity index (χ2n) is 9.42. The lowest BCUT2D eigenvalue weighted by Crippen LogP contribution is -2.46. The van der Waals surface area contributed by atoms with Crippen molar-refractivity contribution in [1.29, 1.82) is 0 Å². The Kier molecular flexibility index (Phi) is 10.7. The predicted octanol–water partition coefficient (Wildman–Crippen LogP) is 3.86. The molecular weight excluding hydrogens is 417 g/mol. The summed E-state index contributed by atoms with van der Waals surface area (Å²) >= 11 is 0. The molecule has 0 aromatic heterocycles. The first kappa shape index (κ1) is 27.1. The fraction of sp³-hybridized carbons (Fsp3) is 0.636. The van der Waals surface area contributed by atoms with Crippen LogP contribution in [0.2, 0.25) is 0 Å². The average Bonchev–Trinajstić information content (AvgIpc) is 2.67. The van der Waals surface area contributed by atoms with Crippen LogP contribution in [-0.4, -0.2) is 35.8 Å². The first-order chi connectivity index (χ1) is 14.3. The van der Waals surface area contributed by atoms with Crippen molar-refractivity contribution < 1.29 is 23.8 Å².